The minimum Gasteiger partial charge on any atom is -0.457 e. The summed E-state index contributed by atoms with van der Waals surface area (Å²) in [4.78, 5) is 6.02. The van der Waals surface area contributed by atoms with Crippen LogP contribution in [0.15, 0.2) is 35.3 Å². The molecule has 21 heavy (non-hydrogen) atoms. The molecule has 116 valence electrons. The smallest absolute Gasteiger partial charge is 0.292 e. The van der Waals surface area contributed by atoms with E-state index in [1.807, 2.05) is 30.3 Å². The first-order chi connectivity index (χ1) is 10.0. The molecule has 7 heteroatoms. The van der Waals surface area contributed by atoms with Crippen LogP contribution in [0.25, 0.3) is 0 Å². The second-order valence-electron chi connectivity index (χ2n) is 5.00. The maximum absolute atomic E-state index is 9.99. The maximum Gasteiger partial charge on any atom is 0.292 e. The Balaban J connectivity index is 2.05. The number of amidine groups is 1. The van der Waals surface area contributed by atoms with Crippen molar-refractivity contribution >= 4 is 11.7 Å². The maximum atomic E-state index is 9.99. The highest BCUT2D eigenvalue weighted by Gasteiger charge is 2.38. The molecular weight excluding hydrogens is 276 g/mol. The summed E-state index contributed by atoms with van der Waals surface area (Å²) in [7, 11) is 1.75. The van der Waals surface area contributed by atoms with Gasteiger partial charge < -0.3 is 30.1 Å². The topological polar surface area (TPSA) is 106 Å². The third kappa shape index (κ3) is 3.70. The molecule has 1 unspecified atom stereocenters. The number of nitrogens with zero attached hydrogens (tertiary/aromatic N) is 2. The largest absolute Gasteiger partial charge is 0.457 e. The van der Waals surface area contributed by atoms with Gasteiger partial charge in [-0.05, 0) is 12.1 Å². The van der Waals surface area contributed by atoms with E-state index in [1.165, 1.54) is 0 Å². The highest BCUT2D eigenvalue weighted by Crippen LogP contribution is 2.20. The van der Waals surface area contributed by atoms with E-state index >= 15 is 0 Å². The summed E-state index contributed by atoms with van der Waals surface area (Å²) in [6.07, 6.45) is -4.94. The van der Waals surface area contributed by atoms with Crippen molar-refractivity contribution in [2.45, 2.75) is 24.4 Å². The van der Waals surface area contributed by atoms with E-state index in [0.29, 0.717) is 18.3 Å². The van der Waals surface area contributed by atoms with E-state index in [1.54, 1.807) is 11.9 Å². The van der Waals surface area contributed by atoms with Crippen molar-refractivity contribution in [2.24, 2.45) is 4.99 Å². The average molecular weight is 296 g/mol. The first-order valence-electron chi connectivity index (χ1n) is 6.69. The molecule has 2 rings (SSSR count). The summed E-state index contributed by atoms with van der Waals surface area (Å²) < 4.78 is 5.53. The summed E-state index contributed by atoms with van der Waals surface area (Å²) in [6, 6.07) is 9.54. The summed E-state index contributed by atoms with van der Waals surface area (Å²) in [6.45, 7) is -0.312. The molecule has 1 aliphatic rings. The zero-order chi connectivity index (χ0) is 15.4. The van der Waals surface area contributed by atoms with E-state index in [0.717, 1.165) is 0 Å². The van der Waals surface area contributed by atoms with E-state index < -0.39 is 31.0 Å². The Morgan fingerprint density at radius 1 is 1.29 bits per heavy atom. The van der Waals surface area contributed by atoms with Gasteiger partial charge in [0.2, 0.25) is 0 Å². The molecule has 0 aliphatic carbocycles. The van der Waals surface area contributed by atoms with Crippen LogP contribution in [0.3, 0.4) is 0 Å². The minimum absolute atomic E-state index is 0.321. The molecule has 0 aromatic heterocycles. The van der Waals surface area contributed by atoms with Gasteiger partial charge >= 0.3 is 0 Å². The molecule has 0 saturated carbocycles. The van der Waals surface area contributed by atoms with Gasteiger partial charge in [-0.15, -0.1) is 0 Å². The van der Waals surface area contributed by atoms with Crippen LogP contribution in [0.1, 0.15) is 0 Å². The number of para-hydroxylation sites is 1. The molecule has 1 aromatic rings. The number of aliphatic imine (C=N–C) groups is 1. The van der Waals surface area contributed by atoms with Gasteiger partial charge in [-0.3, -0.25) is 0 Å². The van der Waals surface area contributed by atoms with Crippen molar-refractivity contribution in [1.82, 2.24) is 4.90 Å². The number of rotatable bonds is 5. The van der Waals surface area contributed by atoms with Gasteiger partial charge in [-0.1, -0.05) is 18.2 Å². The summed E-state index contributed by atoms with van der Waals surface area (Å²) in [5.41, 5.74) is 0.713. The van der Waals surface area contributed by atoms with Crippen molar-refractivity contribution in [2.75, 3.05) is 20.2 Å². The fourth-order valence-corrected chi connectivity index (χ4v) is 2.07. The SMILES string of the molecule is CN1CC([C@@H](O)[C@@H](O)[C@H](O)CO)OC1=Nc1ccccc1. The molecule has 0 spiro atoms. The number of ether oxygens (including phenoxy) is 1. The van der Waals surface area contributed by atoms with E-state index in [2.05, 4.69) is 4.99 Å². The van der Waals surface area contributed by atoms with Crippen molar-refractivity contribution in [3.8, 4) is 0 Å². The van der Waals surface area contributed by atoms with Gasteiger partial charge in [0.05, 0.1) is 18.8 Å². The lowest BCUT2D eigenvalue weighted by Crippen LogP contribution is -2.47. The van der Waals surface area contributed by atoms with Crippen LogP contribution in [-0.4, -0.2) is 76.0 Å². The second kappa shape index (κ2) is 6.86. The van der Waals surface area contributed by atoms with Crippen LogP contribution in [-0.2, 0) is 4.74 Å². The Labute approximate surface area is 122 Å². The van der Waals surface area contributed by atoms with Gasteiger partial charge in [0.25, 0.3) is 6.02 Å². The molecule has 7 nitrogen and oxygen atoms in total. The number of aliphatic hydroxyl groups is 4. The Bertz CT molecular complexity index is 482. The molecule has 1 fully saturated rings. The lowest BCUT2D eigenvalue weighted by molar-refractivity contribution is -0.106. The van der Waals surface area contributed by atoms with Crippen LogP contribution >= 0.6 is 0 Å². The first kappa shape index (κ1) is 15.7. The van der Waals surface area contributed by atoms with E-state index in [9.17, 15) is 15.3 Å². The monoisotopic (exact) mass is 296 g/mol. The van der Waals surface area contributed by atoms with Crippen LogP contribution in [0.4, 0.5) is 5.69 Å². The summed E-state index contributed by atoms with van der Waals surface area (Å²) in [5, 5.41) is 37.9. The molecule has 0 amide bonds. The molecule has 4 atom stereocenters. The van der Waals surface area contributed by atoms with Crippen LogP contribution in [0.2, 0.25) is 0 Å². The predicted molar refractivity (Wildman–Crippen MR) is 76.1 cm³/mol. The average Bonchev–Trinajstić information content (AvgIpc) is 2.87. The van der Waals surface area contributed by atoms with Crippen molar-refractivity contribution in [1.29, 1.82) is 0 Å². The lowest BCUT2D eigenvalue weighted by Gasteiger charge is -2.24. The minimum atomic E-state index is -1.48. The normalized spacial score (nSPS) is 24.7. The second-order valence-corrected chi connectivity index (χ2v) is 5.00. The van der Waals surface area contributed by atoms with Crippen molar-refractivity contribution < 1.29 is 25.2 Å². The summed E-state index contributed by atoms with van der Waals surface area (Å²) >= 11 is 0. The predicted octanol–water partition coefficient (Wildman–Crippen LogP) is -0.920. The molecule has 0 radical (unpaired) electrons. The fourth-order valence-electron chi connectivity index (χ4n) is 2.07. The van der Waals surface area contributed by atoms with Crippen LogP contribution in [0, 0.1) is 0 Å². The van der Waals surface area contributed by atoms with Gasteiger partial charge in [-0.25, -0.2) is 0 Å². The Morgan fingerprint density at radius 2 is 1.95 bits per heavy atom. The van der Waals surface area contributed by atoms with E-state index in [-0.39, 0.29) is 0 Å². The third-order valence-electron chi connectivity index (χ3n) is 3.33. The van der Waals surface area contributed by atoms with Crippen molar-refractivity contribution in [3.05, 3.63) is 30.3 Å². The molecule has 1 heterocycles. The number of likely N-dealkylation sites (N-methyl/N-ethyl adjacent to an activating group) is 1. The lowest BCUT2D eigenvalue weighted by atomic mass is 10.0. The van der Waals surface area contributed by atoms with Crippen LogP contribution in [0.5, 0.6) is 0 Å². The molecule has 0 bridgehead atoms. The Hall–Kier alpha value is -1.67. The van der Waals surface area contributed by atoms with Crippen molar-refractivity contribution in [3.63, 3.8) is 0 Å². The molecule has 1 aliphatic heterocycles. The quantitative estimate of drug-likeness (QED) is 0.560. The van der Waals surface area contributed by atoms with Crippen LogP contribution < -0.4 is 0 Å². The zero-order valence-electron chi connectivity index (χ0n) is 11.7. The highest BCUT2D eigenvalue weighted by molar-refractivity contribution is 5.78. The van der Waals surface area contributed by atoms with Gasteiger partial charge in [0, 0.05) is 7.05 Å². The van der Waals surface area contributed by atoms with Gasteiger partial charge in [-0.2, -0.15) is 4.99 Å². The zero-order valence-corrected chi connectivity index (χ0v) is 11.7. The molecular formula is C14H20N2O5. The third-order valence-corrected chi connectivity index (χ3v) is 3.33. The van der Waals surface area contributed by atoms with Gasteiger partial charge in [0.15, 0.2) is 0 Å². The Morgan fingerprint density at radius 3 is 2.57 bits per heavy atom. The molecule has 1 saturated heterocycles. The number of aliphatic hydroxyl groups excluding tert-OH is 4. The van der Waals surface area contributed by atoms with Gasteiger partial charge in [0.1, 0.15) is 24.4 Å². The highest BCUT2D eigenvalue weighted by atomic mass is 16.5. The Kier molecular flexibility index (Phi) is 5.13. The number of hydrogen-bond donors (Lipinski definition) is 4. The molecule has 1 aromatic carbocycles. The molecule has 4 N–H and O–H groups in total. The van der Waals surface area contributed by atoms with E-state index in [4.69, 9.17) is 9.84 Å². The fraction of sp³-hybridized carbons (Fsp3) is 0.500. The summed E-state index contributed by atoms with van der Waals surface area (Å²) in [5.74, 6) is 0. The standard InChI is InChI=1S/C14H20N2O5/c1-16-7-11(13(20)12(19)10(18)8-17)21-14(16)15-9-5-3-2-4-6-9/h2-6,10-13,17-20H,7-8H2,1H3/t10-,11?,12+,13-/m1/s1. The number of hydrogen-bond acceptors (Lipinski definition) is 6. The first-order valence-corrected chi connectivity index (χ1v) is 6.69. The number of benzene rings is 1.